The molecule has 3 amide bonds. The number of rotatable bonds is 2. The van der Waals surface area contributed by atoms with Gasteiger partial charge < -0.3 is 5.73 Å². The summed E-state index contributed by atoms with van der Waals surface area (Å²) in [5.74, 6) is -1.33. The van der Waals surface area contributed by atoms with Crippen LogP contribution in [0.25, 0.3) is 10.9 Å². The number of aryl methyl sites for hydroxylation is 1. The summed E-state index contributed by atoms with van der Waals surface area (Å²) in [5, 5.41) is 2.29. The average molecular weight is 314 g/mol. The molecular weight excluding hydrogens is 300 g/mol. The van der Waals surface area contributed by atoms with Gasteiger partial charge in [-0.1, -0.05) is 6.07 Å². The first kappa shape index (κ1) is 14.9. The van der Waals surface area contributed by atoms with E-state index in [-0.39, 0.29) is 29.7 Å². The van der Waals surface area contributed by atoms with Crippen molar-refractivity contribution in [2.45, 2.75) is 25.8 Å². The normalized spacial score (nSPS) is 18.0. The fourth-order valence-electron chi connectivity index (χ4n) is 2.85. The van der Waals surface area contributed by atoms with E-state index < -0.39 is 23.4 Å². The van der Waals surface area contributed by atoms with Crippen molar-refractivity contribution in [3.63, 3.8) is 0 Å². The van der Waals surface area contributed by atoms with Gasteiger partial charge in [-0.05, 0) is 25.5 Å². The van der Waals surface area contributed by atoms with Crippen LogP contribution in [0.2, 0.25) is 0 Å². The minimum atomic E-state index is -0.835. The molecule has 0 bridgehead atoms. The lowest BCUT2D eigenvalue weighted by molar-refractivity contribution is -0.135. The van der Waals surface area contributed by atoms with Crippen molar-refractivity contribution in [1.82, 2.24) is 14.9 Å². The van der Waals surface area contributed by atoms with Gasteiger partial charge >= 0.3 is 0 Å². The van der Waals surface area contributed by atoms with E-state index >= 15 is 0 Å². The number of aromatic nitrogens is 2. The highest BCUT2D eigenvalue weighted by Gasteiger charge is 2.30. The van der Waals surface area contributed by atoms with E-state index in [4.69, 9.17) is 5.73 Å². The number of carbonyl (C=O) groups excluding carboxylic acids is 3. The SMILES string of the molecule is Cc1nc2cccc(C(N)=O)c2c(=O)n1C1CCC(=O)NC1=O. The van der Waals surface area contributed by atoms with Crippen LogP contribution in [-0.4, -0.2) is 27.3 Å². The number of carbonyl (C=O) groups is 3. The van der Waals surface area contributed by atoms with Gasteiger partial charge in [-0.3, -0.25) is 29.1 Å². The molecule has 0 saturated carbocycles. The minimum Gasteiger partial charge on any atom is -0.366 e. The van der Waals surface area contributed by atoms with Crippen LogP contribution in [0.15, 0.2) is 23.0 Å². The summed E-state index contributed by atoms with van der Waals surface area (Å²) in [5.41, 5.74) is 5.20. The predicted octanol–water partition coefficient (Wildman–Crippen LogP) is -0.218. The van der Waals surface area contributed by atoms with Crippen LogP contribution in [0, 0.1) is 6.92 Å². The molecule has 3 N–H and O–H groups in total. The number of benzene rings is 1. The zero-order valence-electron chi connectivity index (χ0n) is 12.3. The summed E-state index contributed by atoms with van der Waals surface area (Å²) < 4.78 is 1.22. The van der Waals surface area contributed by atoms with Crippen molar-refractivity contribution in [1.29, 1.82) is 0 Å². The van der Waals surface area contributed by atoms with Crippen molar-refractivity contribution in [3.8, 4) is 0 Å². The molecule has 3 rings (SSSR count). The number of piperidine rings is 1. The third-order valence-corrected chi connectivity index (χ3v) is 3.89. The largest absolute Gasteiger partial charge is 0.366 e. The molecule has 1 saturated heterocycles. The second kappa shape index (κ2) is 5.31. The molecule has 1 fully saturated rings. The Bertz CT molecular complexity index is 916. The maximum atomic E-state index is 12.9. The Hall–Kier alpha value is -3.03. The number of fused-ring (bicyclic) bond motifs is 1. The quantitative estimate of drug-likeness (QED) is 0.742. The molecule has 8 heteroatoms. The lowest BCUT2D eigenvalue weighted by atomic mass is 10.0. The molecule has 0 aliphatic carbocycles. The number of nitrogens with two attached hydrogens (primary N) is 1. The summed E-state index contributed by atoms with van der Waals surface area (Å²) >= 11 is 0. The molecule has 23 heavy (non-hydrogen) atoms. The van der Waals surface area contributed by atoms with Gasteiger partial charge in [-0.15, -0.1) is 0 Å². The Balaban J connectivity index is 2.28. The van der Waals surface area contributed by atoms with E-state index in [1.54, 1.807) is 19.1 Å². The first-order valence-electron chi connectivity index (χ1n) is 7.05. The zero-order valence-corrected chi connectivity index (χ0v) is 12.3. The average Bonchev–Trinajstić information content (AvgIpc) is 2.48. The van der Waals surface area contributed by atoms with E-state index in [0.29, 0.717) is 11.3 Å². The Kier molecular flexibility index (Phi) is 3.44. The van der Waals surface area contributed by atoms with Gasteiger partial charge in [0.15, 0.2) is 0 Å². The predicted molar refractivity (Wildman–Crippen MR) is 80.7 cm³/mol. The summed E-state index contributed by atoms with van der Waals surface area (Å²) in [6.45, 7) is 1.60. The number of primary amides is 1. The topological polar surface area (TPSA) is 124 Å². The molecule has 1 aromatic heterocycles. The third-order valence-electron chi connectivity index (χ3n) is 3.89. The Morgan fingerprint density at radius 3 is 2.74 bits per heavy atom. The number of nitrogens with zero attached hydrogens (tertiary/aromatic N) is 2. The number of nitrogens with one attached hydrogen (secondary N) is 1. The van der Waals surface area contributed by atoms with E-state index in [9.17, 15) is 19.2 Å². The van der Waals surface area contributed by atoms with Gasteiger partial charge in [0, 0.05) is 6.42 Å². The summed E-state index contributed by atoms with van der Waals surface area (Å²) in [6, 6.07) is 3.80. The van der Waals surface area contributed by atoms with Crippen LogP contribution < -0.4 is 16.6 Å². The lowest BCUT2D eigenvalue weighted by Crippen LogP contribution is -2.45. The van der Waals surface area contributed by atoms with Gasteiger partial charge in [-0.2, -0.15) is 0 Å². The van der Waals surface area contributed by atoms with Crippen LogP contribution in [0.3, 0.4) is 0 Å². The van der Waals surface area contributed by atoms with Crippen LogP contribution in [-0.2, 0) is 9.59 Å². The van der Waals surface area contributed by atoms with Crippen LogP contribution in [0.5, 0.6) is 0 Å². The molecule has 8 nitrogen and oxygen atoms in total. The summed E-state index contributed by atoms with van der Waals surface area (Å²) in [7, 11) is 0. The second-order valence-electron chi connectivity index (χ2n) is 5.37. The molecule has 1 unspecified atom stereocenters. The molecular formula is C15H14N4O4. The van der Waals surface area contributed by atoms with Crippen molar-refractivity contribution < 1.29 is 14.4 Å². The maximum Gasteiger partial charge on any atom is 0.262 e. The fourth-order valence-corrected chi connectivity index (χ4v) is 2.85. The van der Waals surface area contributed by atoms with Crippen LogP contribution in [0.1, 0.15) is 35.1 Å². The first-order valence-corrected chi connectivity index (χ1v) is 7.05. The van der Waals surface area contributed by atoms with Crippen LogP contribution in [0.4, 0.5) is 0 Å². The molecule has 0 spiro atoms. The van der Waals surface area contributed by atoms with E-state index in [1.165, 1.54) is 10.6 Å². The molecule has 1 aliphatic heterocycles. The standard InChI is InChI=1S/C15H14N4O4/c1-7-17-9-4-2-3-8(13(16)21)12(9)15(23)19(7)10-5-6-11(20)18-14(10)22/h2-4,10H,5-6H2,1H3,(H2,16,21)(H,18,20,22). The van der Waals surface area contributed by atoms with Crippen molar-refractivity contribution >= 4 is 28.6 Å². The highest BCUT2D eigenvalue weighted by Crippen LogP contribution is 2.21. The van der Waals surface area contributed by atoms with Gasteiger partial charge in [0.1, 0.15) is 11.9 Å². The van der Waals surface area contributed by atoms with Crippen molar-refractivity contribution in [3.05, 3.63) is 39.9 Å². The molecule has 2 heterocycles. The van der Waals surface area contributed by atoms with E-state index in [1.807, 2.05) is 0 Å². The van der Waals surface area contributed by atoms with Gasteiger partial charge in [0.05, 0.1) is 16.5 Å². The van der Waals surface area contributed by atoms with E-state index in [2.05, 4.69) is 10.3 Å². The van der Waals surface area contributed by atoms with Crippen molar-refractivity contribution in [2.24, 2.45) is 5.73 Å². The maximum absolute atomic E-state index is 12.9. The highest BCUT2D eigenvalue weighted by molar-refractivity contribution is 6.05. The third kappa shape index (κ3) is 2.37. The highest BCUT2D eigenvalue weighted by atomic mass is 16.2. The van der Waals surface area contributed by atoms with Gasteiger partial charge in [0.25, 0.3) is 5.56 Å². The monoisotopic (exact) mass is 314 g/mol. The molecule has 118 valence electrons. The molecule has 1 atom stereocenters. The van der Waals surface area contributed by atoms with Crippen molar-refractivity contribution in [2.75, 3.05) is 0 Å². The number of amides is 3. The smallest absolute Gasteiger partial charge is 0.262 e. The Morgan fingerprint density at radius 2 is 2.09 bits per heavy atom. The Morgan fingerprint density at radius 1 is 1.35 bits per heavy atom. The molecule has 0 radical (unpaired) electrons. The van der Waals surface area contributed by atoms with Gasteiger partial charge in [0.2, 0.25) is 17.7 Å². The Labute approximate surface area is 130 Å². The van der Waals surface area contributed by atoms with Gasteiger partial charge in [-0.25, -0.2) is 4.98 Å². The summed E-state index contributed by atoms with van der Waals surface area (Å²) in [4.78, 5) is 52.1. The second-order valence-corrected chi connectivity index (χ2v) is 5.37. The summed E-state index contributed by atoms with van der Waals surface area (Å²) in [6.07, 6.45) is 0.342. The molecule has 1 aliphatic rings. The lowest BCUT2D eigenvalue weighted by Gasteiger charge is -2.24. The first-order chi connectivity index (χ1) is 10.9. The van der Waals surface area contributed by atoms with Crippen LogP contribution >= 0.6 is 0 Å². The minimum absolute atomic E-state index is 0.0565. The number of imide groups is 1. The molecule has 2 aromatic rings. The number of hydrogen-bond acceptors (Lipinski definition) is 5. The molecule has 1 aromatic carbocycles. The zero-order chi connectivity index (χ0) is 16.7. The number of hydrogen-bond donors (Lipinski definition) is 2. The fraction of sp³-hybridized carbons (Fsp3) is 0.267. The van der Waals surface area contributed by atoms with E-state index in [0.717, 1.165) is 0 Å².